The van der Waals surface area contributed by atoms with Crippen LogP contribution in [0, 0.1) is 0 Å². The lowest BCUT2D eigenvalue weighted by Gasteiger charge is -2.49. The Labute approximate surface area is 192 Å². The molecule has 2 aromatic carbocycles. The maximum atomic E-state index is 15.0. The van der Waals surface area contributed by atoms with Crippen LogP contribution in [-0.4, -0.2) is 40.0 Å². The van der Waals surface area contributed by atoms with Crippen LogP contribution in [0.1, 0.15) is 10.4 Å². The summed E-state index contributed by atoms with van der Waals surface area (Å²) in [5.74, 6) is -1.29. The number of amides is 1. The fourth-order valence-electron chi connectivity index (χ4n) is 2.91. The highest BCUT2D eigenvalue weighted by Gasteiger charge is 2.92. The van der Waals surface area contributed by atoms with Crippen LogP contribution in [0.5, 0.6) is 0 Å². The zero-order chi connectivity index (χ0) is 26.4. The van der Waals surface area contributed by atoms with Crippen molar-refractivity contribution in [3.8, 4) is 0 Å². The van der Waals surface area contributed by atoms with E-state index in [-0.39, 0.29) is 11.6 Å². The van der Waals surface area contributed by atoms with Crippen molar-refractivity contribution in [2.24, 2.45) is 0 Å². The van der Waals surface area contributed by atoms with E-state index in [9.17, 15) is 52.9 Å². The fourth-order valence-corrected chi connectivity index (χ4v) is 7.39. The Kier molecular flexibility index (Phi) is 6.88. The topological polar surface area (TPSA) is 58.2 Å². The Morgan fingerprint density at radius 1 is 0.853 bits per heavy atom. The van der Waals surface area contributed by atoms with E-state index >= 15 is 0 Å². The van der Waals surface area contributed by atoms with Crippen molar-refractivity contribution in [1.29, 1.82) is 0 Å². The summed E-state index contributed by atoms with van der Waals surface area (Å²) in [4.78, 5) is 10.2. The lowest BCUT2D eigenvalue weighted by molar-refractivity contribution is -0.308. The predicted octanol–water partition coefficient (Wildman–Crippen LogP) is 6.78. The van der Waals surface area contributed by atoms with Gasteiger partial charge in [-0.25, -0.2) is 4.39 Å². The zero-order valence-corrected chi connectivity index (χ0v) is 18.9. The number of rotatable bonds is 5. The van der Waals surface area contributed by atoms with Gasteiger partial charge in [0, 0.05) is 33.1 Å². The maximum Gasteiger partial charge on any atom is 0.467 e. The summed E-state index contributed by atoms with van der Waals surface area (Å²) < 4.78 is 151. The van der Waals surface area contributed by atoms with Gasteiger partial charge >= 0.3 is 22.9 Å². The van der Waals surface area contributed by atoms with E-state index in [1.807, 2.05) is 0 Å². The van der Waals surface area contributed by atoms with Crippen LogP contribution < -0.4 is 10.6 Å². The van der Waals surface area contributed by atoms with E-state index in [0.29, 0.717) is 17.8 Å². The molecule has 0 heterocycles. The summed E-state index contributed by atoms with van der Waals surface area (Å²) in [6, 6.07) is 6.75. The highest BCUT2D eigenvalue weighted by atomic mass is 79.9. The summed E-state index contributed by atoms with van der Waals surface area (Å²) in [5, 5.41) is -3.03. The lowest BCUT2D eigenvalue weighted by atomic mass is 10.2. The van der Waals surface area contributed by atoms with Gasteiger partial charge in [0.25, 0.3) is 5.91 Å². The van der Waals surface area contributed by atoms with Gasteiger partial charge in [-0.3, -0.25) is 9.00 Å². The molecule has 4 nitrogen and oxygen atoms in total. The largest absolute Gasteiger partial charge is 0.467 e. The second-order valence-electron chi connectivity index (χ2n) is 6.67. The average Bonchev–Trinajstić information content (AvgIpc) is 2.71. The average molecular weight is 591 g/mol. The first kappa shape index (κ1) is 27.9. The Morgan fingerprint density at radius 3 is 1.85 bits per heavy atom. The summed E-state index contributed by atoms with van der Waals surface area (Å²) in [6.07, 6.45) is -14.7. The predicted molar refractivity (Wildman–Crippen MR) is 108 cm³/mol. The van der Waals surface area contributed by atoms with Crippen molar-refractivity contribution < 1.29 is 52.9 Å². The molecule has 2 rings (SSSR count). The number of hydrogen-bond acceptors (Lipinski definition) is 3. The molecule has 34 heavy (non-hydrogen) atoms. The van der Waals surface area contributed by atoms with Crippen molar-refractivity contribution >= 4 is 39.6 Å². The van der Waals surface area contributed by atoms with Gasteiger partial charge in [-0.15, -0.1) is 0 Å². The van der Waals surface area contributed by atoms with Crippen molar-refractivity contribution in [2.45, 2.75) is 27.8 Å². The van der Waals surface area contributed by atoms with Crippen LogP contribution in [0.2, 0.25) is 0 Å². The van der Waals surface area contributed by atoms with E-state index < -0.39 is 46.9 Å². The summed E-state index contributed by atoms with van der Waals surface area (Å²) in [5.41, 5.74) is -8.35. The highest BCUT2D eigenvalue weighted by Crippen LogP contribution is 2.72. The van der Waals surface area contributed by atoms with Crippen LogP contribution in [0.4, 0.5) is 55.3 Å². The van der Waals surface area contributed by atoms with E-state index in [4.69, 9.17) is 0 Å². The van der Waals surface area contributed by atoms with Crippen molar-refractivity contribution in [3.05, 3.63) is 54.1 Å². The Bertz CT molecular complexity index is 1150. The van der Waals surface area contributed by atoms with E-state index in [0.717, 1.165) is 33.0 Å². The Balaban J connectivity index is 2.88. The van der Waals surface area contributed by atoms with Crippen molar-refractivity contribution in [1.82, 2.24) is 0 Å². The van der Waals surface area contributed by atoms with Crippen LogP contribution in [0.15, 0.2) is 53.4 Å². The molecule has 0 radical (unpaired) electrons. The molecule has 0 saturated heterocycles. The number of benzene rings is 2. The van der Waals surface area contributed by atoms with E-state index in [2.05, 4.69) is 5.32 Å². The molecule has 0 aliphatic carbocycles. The SMILES string of the molecule is CNc1cccc(C(=O)Nc2ccccc2S(=O)(Br)(C(F)(F)F)C(F)(C(F)(F)F)C(F)(F)F)c1. The molecule has 0 spiro atoms. The second-order valence-corrected chi connectivity index (χ2v) is 13.5. The highest BCUT2D eigenvalue weighted by molar-refractivity contribution is 9.53. The first-order valence-electron chi connectivity index (χ1n) is 8.68. The number of halogens is 11. The van der Waals surface area contributed by atoms with Gasteiger partial charge in [0.2, 0.25) is 0 Å². The molecule has 0 aliphatic heterocycles. The fraction of sp³-hybridized carbons (Fsp3) is 0.278. The van der Waals surface area contributed by atoms with Crippen LogP contribution in [0.3, 0.4) is 0 Å². The minimum absolute atomic E-state index is 0.0530. The molecule has 0 atom stereocenters. The third kappa shape index (κ3) is 3.93. The van der Waals surface area contributed by atoms with Gasteiger partial charge in [-0.2, -0.15) is 39.5 Å². The molecule has 2 aromatic rings. The standard InChI is InChI=1S/C18H13BrF10N2O2S/c1-30-11-6-4-5-10(9-11)14(32)31-12-7-2-3-8-13(12)34(19,33,18(27,28)29)15(20,16(21,22)23)17(24,25)26/h2-9,30H,1H3,(H,31,32). The monoisotopic (exact) mass is 590 g/mol. The number of carbonyl (C=O) groups is 1. The number of alkyl halides is 10. The van der Waals surface area contributed by atoms with Gasteiger partial charge in [-0.1, -0.05) is 18.2 Å². The number of anilines is 2. The van der Waals surface area contributed by atoms with Crippen LogP contribution in [0.25, 0.3) is 0 Å². The number of nitrogens with one attached hydrogen (secondary N) is 2. The summed E-state index contributed by atoms with van der Waals surface area (Å²) >= 11 is 1.08. The maximum absolute atomic E-state index is 15.0. The van der Waals surface area contributed by atoms with Crippen molar-refractivity contribution in [3.63, 3.8) is 0 Å². The second kappa shape index (κ2) is 8.39. The molecular formula is C18H13BrF10N2O2S. The smallest absolute Gasteiger partial charge is 0.388 e. The molecule has 190 valence electrons. The molecule has 0 aliphatic rings. The quantitative estimate of drug-likeness (QED) is 0.298. The number of hydrogen-bond donors (Lipinski definition) is 2. The van der Waals surface area contributed by atoms with Crippen LogP contribution >= 0.6 is 14.8 Å². The molecule has 16 heteroatoms. The molecular weight excluding hydrogens is 578 g/mol. The third-order valence-corrected chi connectivity index (χ3v) is 11.5. The first-order chi connectivity index (χ1) is 15.2. The molecule has 0 aromatic heterocycles. The van der Waals surface area contributed by atoms with Gasteiger partial charge in [0.15, 0.2) is 0 Å². The van der Waals surface area contributed by atoms with Crippen LogP contribution in [-0.2, 0) is 7.50 Å². The number of carbonyl (C=O) groups excluding carboxylic acids is 1. The van der Waals surface area contributed by atoms with E-state index in [1.165, 1.54) is 19.2 Å². The molecule has 2 N–H and O–H groups in total. The minimum Gasteiger partial charge on any atom is -0.388 e. The van der Waals surface area contributed by atoms with Gasteiger partial charge in [0.1, 0.15) is 7.50 Å². The normalized spacial score (nSPS) is 14.8. The zero-order valence-electron chi connectivity index (χ0n) is 16.5. The minimum atomic E-state index is -8.84. The summed E-state index contributed by atoms with van der Waals surface area (Å²) in [7, 11) is -7.40. The summed E-state index contributed by atoms with van der Waals surface area (Å²) in [6.45, 7) is 0. The number of para-hydroxylation sites is 1. The lowest BCUT2D eigenvalue weighted by Crippen LogP contribution is -2.70. The molecule has 0 saturated carbocycles. The molecule has 1 amide bonds. The van der Waals surface area contributed by atoms with Gasteiger partial charge < -0.3 is 10.6 Å². The first-order valence-corrected chi connectivity index (χ1v) is 12.5. The van der Waals surface area contributed by atoms with Crippen molar-refractivity contribution in [2.75, 3.05) is 17.7 Å². The van der Waals surface area contributed by atoms with Gasteiger partial charge in [0.05, 0.1) is 10.6 Å². The molecule has 0 bridgehead atoms. The Morgan fingerprint density at radius 2 is 1.38 bits per heavy atom. The third-order valence-electron chi connectivity index (χ3n) is 4.59. The van der Waals surface area contributed by atoms with E-state index in [1.54, 1.807) is 5.32 Å². The molecule has 0 fully saturated rings. The molecule has 0 unspecified atom stereocenters. The van der Waals surface area contributed by atoms with Gasteiger partial charge in [-0.05, 0) is 30.3 Å². The Hall–Kier alpha value is -2.36.